The van der Waals surface area contributed by atoms with Crippen LogP contribution in [0.3, 0.4) is 0 Å². The van der Waals surface area contributed by atoms with Crippen molar-refractivity contribution in [2.45, 2.75) is 19.9 Å². The first-order valence-corrected chi connectivity index (χ1v) is 5.73. The minimum atomic E-state index is -1.05. The maximum atomic E-state index is 11.1. The molecule has 0 spiro atoms. The first kappa shape index (κ1) is 13.8. The van der Waals surface area contributed by atoms with Crippen molar-refractivity contribution in [3.8, 4) is 0 Å². The lowest BCUT2D eigenvalue weighted by Crippen LogP contribution is -2.30. The van der Waals surface area contributed by atoms with Crippen molar-refractivity contribution in [3.05, 3.63) is 28.8 Å². The lowest BCUT2D eigenvalue weighted by atomic mass is 10.0. The van der Waals surface area contributed by atoms with Gasteiger partial charge in [0, 0.05) is 10.7 Å². The fraction of sp³-hybridized carbons (Fsp3) is 0.417. The summed E-state index contributed by atoms with van der Waals surface area (Å²) < 4.78 is 0. The number of aliphatic hydroxyl groups excluding tert-OH is 1. The zero-order valence-corrected chi connectivity index (χ0v) is 10.5. The van der Waals surface area contributed by atoms with E-state index in [2.05, 4.69) is 5.32 Å². The third kappa shape index (κ3) is 3.61. The Morgan fingerprint density at radius 1 is 1.47 bits per heavy atom. The highest BCUT2D eigenvalue weighted by atomic mass is 35.5. The maximum Gasteiger partial charge on any atom is 0.337 e. The molecule has 94 valence electrons. The van der Waals surface area contributed by atoms with Crippen LogP contribution in [-0.2, 0) is 0 Å². The normalized spacial score (nSPS) is 12.5. The summed E-state index contributed by atoms with van der Waals surface area (Å²) in [6.45, 7) is 3.84. The Balaban J connectivity index is 3.01. The molecule has 0 bridgehead atoms. The molecule has 0 heterocycles. The first-order valence-electron chi connectivity index (χ1n) is 5.36. The van der Waals surface area contributed by atoms with E-state index in [0.29, 0.717) is 10.7 Å². The number of aromatic carboxylic acids is 1. The van der Waals surface area contributed by atoms with Gasteiger partial charge in [-0.2, -0.15) is 0 Å². The van der Waals surface area contributed by atoms with E-state index in [1.165, 1.54) is 6.07 Å². The molecule has 1 unspecified atom stereocenters. The number of carboxylic acids is 1. The summed E-state index contributed by atoms with van der Waals surface area (Å²) in [5.74, 6) is -0.854. The molecule has 5 heteroatoms. The van der Waals surface area contributed by atoms with E-state index < -0.39 is 5.97 Å². The molecular weight excluding hydrogens is 242 g/mol. The van der Waals surface area contributed by atoms with Crippen LogP contribution in [0.4, 0.5) is 5.69 Å². The van der Waals surface area contributed by atoms with Crippen molar-refractivity contribution in [2.75, 3.05) is 11.9 Å². The van der Waals surface area contributed by atoms with E-state index in [-0.39, 0.29) is 24.1 Å². The Kier molecular flexibility index (Phi) is 4.78. The number of nitrogens with one attached hydrogen (secondary N) is 1. The Morgan fingerprint density at radius 3 is 2.59 bits per heavy atom. The monoisotopic (exact) mass is 257 g/mol. The summed E-state index contributed by atoms with van der Waals surface area (Å²) in [6.07, 6.45) is 0. The molecule has 3 N–H and O–H groups in total. The number of hydrogen-bond donors (Lipinski definition) is 3. The Bertz CT molecular complexity index is 407. The number of aliphatic hydroxyl groups is 1. The van der Waals surface area contributed by atoms with E-state index in [1.54, 1.807) is 12.1 Å². The second kappa shape index (κ2) is 5.89. The van der Waals surface area contributed by atoms with Gasteiger partial charge in [-0.05, 0) is 24.1 Å². The van der Waals surface area contributed by atoms with Crippen molar-refractivity contribution in [1.29, 1.82) is 0 Å². The molecule has 0 radical (unpaired) electrons. The van der Waals surface area contributed by atoms with E-state index in [0.717, 1.165) is 0 Å². The molecular formula is C12H16ClNO3. The highest BCUT2D eigenvalue weighted by Crippen LogP contribution is 2.22. The second-order valence-corrected chi connectivity index (χ2v) is 4.61. The topological polar surface area (TPSA) is 69.6 Å². The third-order valence-electron chi connectivity index (χ3n) is 2.55. The molecule has 0 aliphatic rings. The van der Waals surface area contributed by atoms with Gasteiger partial charge in [-0.1, -0.05) is 25.4 Å². The van der Waals surface area contributed by atoms with Crippen LogP contribution in [0.5, 0.6) is 0 Å². The maximum absolute atomic E-state index is 11.1. The molecule has 4 nitrogen and oxygen atoms in total. The predicted molar refractivity (Wildman–Crippen MR) is 67.7 cm³/mol. The van der Waals surface area contributed by atoms with Gasteiger partial charge in [-0.3, -0.25) is 0 Å². The van der Waals surface area contributed by atoms with Crippen LogP contribution < -0.4 is 5.32 Å². The molecule has 1 rings (SSSR count). The lowest BCUT2D eigenvalue weighted by molar-refractivity contribution is 0.0697. The van der Waals surface area contributed by atoms with Gasteiger partial charge in [0.1, 0.15) is 0 Å². The van der Waals surface area contributed by atoms with Gasteiger partial charge in [-0.25, -0.2) is 4.79 Å². The summed E-state index contributed by atoms with van der Waals surface area (Å²) in [5.41, 5.74) is 0.575. The number of anilines is 1. The molecule has 0 aliphatic carbocycles. The molecule has 0 amide bonds. The average molecular weight is 258 g/mol. The standard InChI is InChI=1S/C12H16ClNO3/c1-7(2)11(6-15)14-10-4-3-8(13)5-9(10)12(16)17/h3-5,7,11,14-15H,6H2,1-2H3,(H,16,17). The quantitative estimate of drug-likeness (QED) is 0.758. The molecule has 17 heavy (non-hydrogen) atoms. The van der Waals surface area contributed by atoms with E-state index in [4.69, 9.17) is 16.7 Å². The van der Waals surface area contributed by atoms with Crippen molar-refractivity contribution in [2.24, 2.45) is 5.92 Å². The third-order valence-corrected chi connectivity index (χ3v) is 2.79. The highest BCUT2D eigenvalue weighted by Gasteiger charge is 2.16. The molecule has 1 aromatic carbocycles. The lowest BCUT2D eigenvalue weighted by Gasteiger charge is -2.22. The minimum Gasteiger partial charge on any atom is -0.478 e. The molecule has 0 saturated carbocycles. The minimum absolute atomic E-state index is 0.0562. The van der Waals surface area contributed by atoms with Crippen LogP contribution in [0, 0.1) is 5.92 Å². The zero-order valence-electron chi connectivity index (χ0n) is 9.77. The smallest absolute Gasteiger partial charge is 0.337 e. The summed E-state index contributed by atoms with van der Waals surface area (Å²) >= 11 is 5.75. The number of benzene rings is 1. The van der Waals surface area contributed by atoms with Crippen LogP contribution in [0.1, 0.15) is 24.2 Å². The number of carboxylic acid groups (broad SMARTS) is 1. The molecule has 1 atom stereocenters. The van der Waals surface area contributed by atoms with Crippen LogP contribution >= 0.6 is 11.6 Å². The van der Waals surface area contributed by atoms with Gasteiger partial charge >= 0.3 is 5.97 Å². The zero-order chi connectivity index (χ0) is 13.0. The van der Waals surface area contributed by atoms with Crippen LogP contribution in [0.25, 0.3) is 0 Å². The number of rotatable bonds is 5. The Hall–Kier alpha value is -1.26. The van der Waals surface area contributed by atoms with Crippen molar-refractivity contribution in [1.82, 2.24) is 0 Å². The first-order chi connectivity index (χ1) is 7.95. The Labute approximate surface area is 105 Å². The number of carbonyl (C=O) groups is 1. The van der Waals surface area contributed by atoms with Crippen molar-refractivity contribution in [3.63, 3.8) is 0 Å². The second-order valence-electron chi connectivity index (χ2n) is 4.17. The molecule has 0 aliphatic heterocycles. The Morgan fingerprint density at radius 2 is 2.12 bits per heavy atom. The van der Waals surface area contributed by atoms with Gasteiger partial charge in [0.2, 0.25) is 0 Å². The van der Waals surface area contributed by atoms with Gasteiger partial charge in [-0.15, -0.1) is 0 Å². The van der Waals surface area contributed by atoms with Gasteiger partial charge in [0.25, 0.3) is 0 Å². The van der Waals surface area contributed by atoms with E-state index in [1.807, 2.05) is 13.8 Å². The average Bonchev–Trinajstić information content (AvgIpc) is 2.26. The van der Waals surface area contributed by atoms with E-state index in [9.17, 15) is 9.90 Å². The van der Waals surface area contributed by atoms with Gasteiger partial charge in [0.05, 0.1) is 18.2 Å². The highest BCUT2D eigenvalue weighted by molar-refractivity contribution is 6.31. The van der Waals surface area contributed by atoms with Crippen molar-refractivity contribution < 1.29 is 15.0 Å². The molecule has 1 aromatic rings. The molecule has 0 fully saturated rings. The van der Waals surface area contributed by atoms with Crippen LogP contribution in [0.2, 0.25) is 5.02 Å². The summed E-state index contributed by atoms with van der Waals surface area (Å²) in [6, 6.07) is 4.43. The predicted octanol–water partition coefficient (Wildman–Crippen LogP) is 2.47. The van der Waals surface area contributed by atoms with Gasteiger partial charge in [0.15, 0.2) is 0 Å². The van der Waals surface area contributed by atoms with E-state index >= 15 is 0 Å². The largest absolute Gasteiger partial charge is 0.478 e. The van der Waals surface area contributed by atoms with Crippen molar-refractivity contribution >= 4 is 23.3 Å². The summed E-state index contributed by atoms with van der Waals surface area (Å²) in [5, 5.41) is 21.6. The fourth-order valence-electron chi connectivity index (χ4n) is 1.44. The summed E-state index contributed by atoms with van der Waals surface area (Å²) in [4.78, 5) is 11.1. The molecule has 0 saturated heterocycles. The summed E-state index contributed by atoms with van der Waals surface area (Å²) in [7, 11) is 0. The number of hydrogen-bond acceptors (Lipinski definition) is 3. The fourth-order valence-corrected chi connectivity index (χ4v) is 1.61. The SMILES string of the molecule is CC(C)C(CO)Nc1ccc(Cl)cc1C(=O)O. The molecule has 0 aromatic heterocycles. The van der Waals surface area contributed by atoms with Crippen LogP contribution in [-0.4, -0.2) is 28.8 Å². The number of halogens is 1. The van der Waals surface area contributed by atoms with Crippen LogP contribution in [0.15, 0.2) is 18.2 Å². The van der Waals surface area contributed by atoms with Gasteiger partial charge < -0.3 is 15.5 Å².